The van der Waals surface area contributed by atoms with Crippen molar-refractivity contribution < 1.29 is 8.83 Å². The number of halogens is 1. The first kappa shape index (κ1) is 65.7. The maximum absolute atomic E-state index is 6.66. The Labute approximate surface area is 643 Å². The van der Waals surface area contributed by atoms with E-state index in [4.69, 9.17) is 14.6 Å². The molecule has 0 fully saturated rings. The smallest absolute Gasteiger partial charge is 0.136 e. The molecule has 109 heavy (non-hydrogen) atoms. The van der Waals surface area contributed by atoms with Gasteiger partial charge in [-0.15, -0.1) is 0 Å². The molecule has 0 amide bonds. The topological polar surface area (TPSA) is 64.3 Å². The van der Waals surface area contributed by atoms with E-state index in [1.165, 1.54) is 133 Å². The molecule has 4 aliphatic carbocycles. The molecule has 0 aliphatic heterocycles. The van der Waals surface area contributed by atoms with E-state index in [1.807, 2.05) is 12.1 Å². The Kier molecular flexibility index (Phi) is 15.3. The van der Waals surface area contributed by atoms with Crippen LogP contribution in [0.1, 0.15) is 94.5 Å². The molecule has 3 N–H and O–H groups in total. The van der Waals surface area contributed by atoms with Gasteiger partial charge in [-0.2, -0.15) is 0 Å². The fourth-order valence-corrected chi connectivity index (χ4v) is 19.6. The van der Waals surface area contributed by atoms with Crippen LogP contribution in [0.3, 0.4) is 0 Å². The highest BCUT2D eigenvalue weighted by Crippen LogP contribution is 2.60. The van der Waals surface area contributed by atoms with Crippen LogP contribution < -0.4 is 11.1 Å². The summed E-state index contributed by atoms with van der Waals surface area (Å²) in [6, 6.07) is 131. The summed E-state index contributed by atoms with van der Waals surface area (Å²) in [6.45, 7) is 9.25. The molecular weight excluding hydrogens is 1390 g/mol. The Balaban J connectivity index is 0.000000119. The van der Waals surface area contributed by atoms with Crippen molar-refractivity contribution in [1.82, 2.24) is 0 Å². The third-order valence-corrected chi connectivity index (χ3v) is 24.7. The molecule has 520 valence electrons. The zero-order valence-corrected chi connectivity index (χ0v) is 62.5. The van der Waals surface area contributed by atoms with Gasteiger partial charge in [0, 0.05) is 59.5 Å². The van der Waals surface area contributed by atoms with E-state index in [2.05, 4.69) is 401 Å². The SMILES string of the molecule is CC1(C)c2ccccc2-c2cc3c(cc21)oc1cccc(-c2ccccc2Br)c13.CC1(C)c2ccccc2-c2cc3c(cc21)oc1cccc(-c2ccccc2Nc2ccc4c(c2)C(c2ccccc2)(c2ccccc2)c2ccccc2-4)c13.Nc1ccc2c(c1)C(c1ccccc1)(c1ccccc1)c1ccccc1-2. The third-order valence-electron chi connectivity index (χ3n) is 24.0. The lowest BCUT2D eigenvalue weighted by atomic mass is 9.67. The molecule has 0 radical (unpaired) electrons. The zero-order chi connectivity index (χ0) is 73.3. The van der Waals surface area contributed by atoms with Gasteiger partial charge in [-0.3, -0.25) is 0 Å². The summed E-state index contributed by atoms with van der Waals surface area (Å²) in [7, 11) is 0. The van der Waals surface area contributed by atoms with Gasteiger partial charge in [0.25, 0.3) is 0 Å². The average molecular weight is 1460 g/mol. The Morgan fingerprint density at radius 2 is 0.606 bits per heavy atom. The summed E-state index contributed by atoms with van der Waals surface area (Å²) in [4.78, 5) is 0. The molecule has 22 rings (SSSR count). The van der Waals surface area contributed by atoms with Crippen molar-refractivity contribution in [2.45, 2.75) is 49.4 Å². The normalized spacial score (nSPS) is 14.2. The van der Waals surface area contributed by atoms with E-state index in [-0.39, 0.29) is 16.2 Å². The number of hydrogen-bond donors (Lipinski definition) is 2. The van der Waals surface area contributed by atoms with Crippen LogP contribution in [-0.2, 0) is 21.7 Å². The maximum Gasteiger partial charge on any atom is 0.136 e. The molecule has 2 heterocycles. The van der Waals surface area contributed by atoms with Gasteiger partial charge in [0.15, 0.2) is 0 Å². The number of nitrogens with one attached hydrogen (secondary N) is 1. The van der Waals surface area contributed by atoms with Gasteiger partial charge < -0.3 is 19.9 Å². The summed E-state index contributed by atoms with van der Waals surface area (Å²) >= 11 is 3.73. The van der Waals surface area contributed by atoms with Crippen molar-refractivity contribution >= 4 is 76.9 Å². The predicted octanol–water partition coefficient (Wildman–Crippen LogP) is 27.6. The molecule has 2 aromatic heterocycles. The molecule has 18 aromatic rings. The number of nitrogens with two attached hydrogens (primary N) is 1. The van der Waals surface area contributed by atoms with Crippen molar-refractivity contribution in [3.8, 4) is 66.8 Å². The van der Waals surface area contributed by atoms with Crippen LogP contribution in [0, 0.1) is 0 Å². The van der Waals surface area contributed by atoms with Crippen LogP contribution in [0.15, 0.2) is 377 Å². The number of hydrogen-bond acceptors (Lipinski definition) is 4. The Hall–Kier alpha value is -12.8. The van der Waals surface area contributed by atoms with E-state index < -0.39 is 5.41 Å². The average Bonchev–Trinajstić information content (AvgIpc) is 1.56. The van der Waals surface area contributed by atoms with Gasteiger partial charge in [-0.05, 0) is 201 Å². The molecule has 0 atom stereocenters. The third kappa shape index (κ3) is 10.0. The first-order valence-electron chi connectivity index (χ1n) is 37.7. The summed E-state index contributed by atoms with van der Waals surface area (Å²) in [5, 5.41) is 8.55. The Bertz CT molecular complexity index is 6580. The van der Waals surface area contributed by atoms with Crippen LogP contribution in [0.25, 0.3) is 111 Å². The largest absolute Gasteiger partial charge is 0.456 e. The number of para-hydroxylation sites is 1. The molecule has 4 nitrogen and oxygen atoms in total. The highest BCUT2D eigenvalue weighted by Gasteiger charge is 2.48. The minimum absolute atomic E-state index is 0.0234. The van der Waals surface area contributed by atoms with Crippen LogP contribution in [-0.4, -0.2) is 0 Å². The summed E-state index contributed by atoms with van der Waals surface area (Å²) < 4.78 is 14.1. The van der Waals surface area contributed by atoms with Crippen molar-refractivity contribution in [2.24, 2.45) is 0 Å². The van der Waals surface area contributed by atoms with E-state index in [9.17, 15) is 0 Å². The fourth-order valence-electron chi connectivity index (χ4n) is 19.1. The molecule has 5 heteroatoms. The number of furan rings is 2. The molecular formula is C104H75BrN2O2. The van der Waals surface area contributed by atoms with Crippen LogP contribution in [0.2, 0.25) is 0 Å². The fraction of sp³-hybridized carbons (Fsp3) is 0.0769. The minimum atomic E-state index is -0.458. The van der Waals surface area contributed by atoms with E-state index in [1.54, 1.807) is 0 Å². The number of benzene rings is 16. The number of fused-ring (bicyclic) bond motifs is 18. The van der Waals surface area contributed by atoms with E-state index in [0.717, 1.165) is 65.8 Å². The van der Waals surface area contributed by atoms with Crippen molar-refractivity contribution in [2.75, 3.05) is 11.1 Å². The first-order valence-corrected chi connectivity index (χ1v) is 38.5. The molecule has 0 saturated heterocycles. The van der Waals surface area contributed by atoms with Crippen molar-refractivity contribution in [3.63, 3.8) is 0 Å². The van der Waals surface area contributed by atoms with Crippen LogP contribution in [0.4, 0.5) is 17.1 Å². The maximum atomic E-state index is 6.66. The lowest BCUT2D eigenvalue weighted by molar-refractivity contribution is 0.647. The lowest BCUT2D eigenvalue weighted by Crippen LogP contribution is -2.28. The van der Waals surface area contributed by atoms with Crippen LogP contribution in [0.5, 0.6) is 0 Å². The lowest BCUT2D eigenvalue weighted by Gasteiger charge is -2.34. The first-order chi connectivity index (χ1) is 53.4. The second-order valence-corrected chi connectivity index (χ2v) is 31.3. The Morgan fingerprint density at radius 1 is 0.257 bits per heavy atom. The van der Waals surface area contributed by atoms with Gasteiger partial charge in [0.1, 0.15) is 22.3 Å². The summed E-state index contributed by atoms with van der Waals surface area (Å²) in [6.07, 6.45) is 0. The second kappa shape index (κ2) is 25.4. The minimum Gasteiger partial charge on any atom is -0.456 e. The number of anilines is 3. The molecule has 4 aliphatic rings. The highest BCUT2D eigenvalue weighted by atomic mass is 79.9. The molecule has 0 bridgehead atoms. The summed E-state index contributed by atoms with van der Waals surface area (Å²) in [5.74, 6) is 0. The number of nitrogen functional groups attached to an aromatic ring is 1. The van der Waals surface area contributed by atoms with Gasteiger partial charge in [-0.1, -0.05) is 335 Å². The van der Waals surface area contributed by atoms with Crippen molar-refractivity contribution in [3.05, 3.63) is 435 Å². The highest BCUT2D eigenvalue weighted by molar-refractivity contribution is 9.10. The second-order valence-electron chi connectivity index (χ2n) is 30.5. The molecule has 0 unspecified atom stereocenters. The standard InChI is InChI=1S/C52H37NO.C27H19BrO.C25H19N/c1-51(2)43-24-12-9-21-37(43)41-31-42-49(32-45(41)51)54-48-27-15-23-40(50(42)48)39-22-11-14-26-47(39)53-35-28-29-38-36-20-10-13-25-44(36)52(46(38)30-35,33-16-5-3-6-17-33)34-18-7-4-8-19-34;1-27(2)21-11-5-3-8-16(21)19-14-20-25(15-22(19)27)29-24-13-7-10-18(26(20)24)17-9-4-6-12-23(17)28;26-20-15-16-22-21-13-7-8-14-23(21)25(24(22)17-20,18-9-3-1-4-10-18)19-11-5-2-6-12-19/h3-32,53H,1-2H3;3-15H,1-2H3;1-17H,26H2. The van der Waals surface area contributed by atoms with Crippen molar-refractivity contribution in [1.29, 1.82) is 0 Å². The van der Waals surface area contributed by atoms with Gasteiger partial charge in [-0.25, -0.2) is 0 Å². The van der Waals surface area contributed by atoms with Gasteiger partial charge >= 0.3 is 0 Å². The monoisotopic (exact) mass is 1460 g/mol. The molecule has 0 saturated carbocycles. The summed E-state index contributed by atoms with van der Waals surface area (Å²) in [5.41, 5.74) is 42.6. The van der Waals surface area contributed by atoms with E-state index >= 15 is 0 Å². The van der Waals surface area contributed by atoms with Crippen LogP contribution >= 0.6 is 15.9 Å². The molecule has 16 aromatic carbocycles. The van der Waals surface area contributed by atoms with E-state index in [0.29, 0.717) is 0 Å². The quantitative estimate of drug-likeness (QED) is 0.149. The predicted molar refractivity (Wildman–Crippen MR) is 456 cm³/mol. The zero-order valence-electron chi connectivity index (χ0n) is 60.9. The van der Waals surface area contributed by atoms with Gasteiger partial charge in [0.05, 0.1) is 10.8 Å². The van der Waals surface area contributed by atoms with Gasteiger partial charge in [0.2, 0.25) is 0 Å². The molecule has 0 spiro atoms. The Morgan fingerprint density at radius 3 is 1.06 bits per heavy atom. The number of rotatable bonds is 8.